The topological polar surface area (TPSA) is 4.93 Å². The third-order valence-corrected chi connectivity index (χ3v) is 1.78. The van der Waals surface area contributed by atoms with E-state index in [-0.39, 0.29) is 0 Å². The lowest BCUT2D eigenvalue weighted by atomic mass is 10.2. The van der Waals surface area contributed by atoms with Crippen molar-refractivity contribution in [2.45, 2.75) is 13.8 Å². The van der Waals surface area contributed by atoms with Crippen molar-refractivity contribution in [3.8, 4) is 0 Å². The third kappa shape index (κ3) is 1.13. The zero-order valence-corrected chi connectivity index (χ0v) is 6.76. The first kappa shape index (κ1) is 7.13. The minimum Gasteiger partial charge on any atom is -0.351 e. The summed E-state index contributed by atoms with van der Waals surface area (Å²) < 4.78 is 2.12. The van der Waals surface area contributed by atoms with E-state index >= 15 is 0 Å². The molecule has 1 aromatic heterocycles. The Hall–Kier alpha value is -0.980. The van der Waals surface area contributed by atoms with Crippen LogP contribution in [0.1, 0.15) is 19.5 Å². The summed E-state index contributed by atoms with van der Waals surface area (Å²) in [4.78, 5) is 0. The average molecular weight is 135 g/mol. The zero-order chi connectivity index (χ0) is 7.56. The van der Waals surface area contributed by atoms with Crippen molar-refractivity contribution in [3.63, 3.8) is 0 Å². The second-order valence-corrected chi connectivity index (χ2v) is 2.48. The average Bonchev–Trinajstić information content (AvgIpc) is 2.34. The van der Waals surface area contributed by atoms with E-state index in [0.29, 0.717) is 0 Å². The van der Waals surface area contributed by atoms with Gasteiger partial charge in [-0.2, -0.15) is 0 Å². The number of allylic oxidation sites excluding steroid dienone is 2. The molecule has 0 amide bonds. The summed E-state index contributed by atoms with van der Waals surface area (Å²) in [6.45, 7) is 4.18. The fraction of sp³-hybridized carbons (Fsp3) is 0.333. The summed E-state index contributed by atoms with van der Waals surface area (Å²) in [5, 5.41) is 0. The van der Waals surface area contributed by atoms with E-state index in [0.717, 1.165) is 0 Å². The minimum absolute atomic E-state index is 1.29. The molecule has 0 bridgehead atoms. The maximum atomic E-state index is 2.12. The maximum absolute atomic E-state index is 2.12. The van der Waals surface area contributed by atoms with E-state index in [1.165, 1.54) is 11.3 Å². The third-order valence-electron chi connectivity index (χ3n) is 1.78. The molecular weight excluding hydrogens is 122 g/mol. The minimum atomic E-state index is 1.29. The molecule has 0 radical (unpaired) electrons. The van der Waals surface area contributed by atoms with Crippen LogP contribution in [0.4, 0.5) is 0 Å². The van der Waals surface area contributed by atoms with Crippen molar-refractivity contribution in [2.24, 2.45) is 7.05 Å². The molecule has 54 valence electrons. The van der Waals surface area contributed by atoms with Crippen LogP contribution in [0.3, 0.4) is 0 Å². The Morgan fingerprint density at radius 2 is 2.30 bits per heavy atom. The predicted molar refractivity (Wildman–Crippen MR) is 44.7 cm³/mol. The molecule has 10 heavy (non-hydrogen) atoms. The fourth-order valence-electron chi connectivity index (χ4n) is 1.02. The van der Waals surface area contributed by atoms with Crippen molar-refractivity contribution >= 4 is 5.57 Å². The van der Waals surface area contributed by atoms with Gasteiger partial charge < -0.3 is 4.57 Å². The van der Waals surface area contributed by atoms with Gasteiger partial charge in [-0.1, -0.05) is 6.08 Å². The van der Waals surface area contributed by atoms with Gasteiger partial charge in [0.05, 0.1) is 0 Å². The lowest BCUT2D eigenvalue weighted by Crippen LogP contribution is -1.90. The van der Waals surface area contributed by atoms with E-state index in [1.807, 2.05) is 0 Å². The molecule has 1 rings (SSSR count). The number of aromatic nitrogens is 1. The summed E-state index contributed by atoms with van der Waals surface area (Å²) in [5.74, 6) is 0. The molecule has 0 aromatic carbocycles. The van der Waals surface area contributed by atoms with Gasteiger partial charge in [-0.25, -0.2) is 0 Å². The highest BCUT2D eigenvalue weighted by molar-refractivity contribution is 5.60. The van der Waals surface area contributed by atoms with E-state index in [9.17, 15) is 0 Å². The van der Waals surface area contributed by atoms with E-state index in [1.54, 1.807) is 0 Å². The SMILES string of the molecule is C/C=C(/C)c1cccn1C. The standard InChI is InChI=1S/C9H13N/c1-4-8(2)9-6-5-7-10(9)3/h4-7H,1-3H3/b8-4-. The molecule has 0 fully saturated rings. The number of hydrogen-bond donors (Lipinski definition) is 0. The Morgan fingerprint density at radius 3 is 2.70 bits per heavy atom. The van der Waals surface area contributed by atoms with E-state index in [2.05, 4.69) is 49.9 Å². The molecule has 1 heteroatoms. The number of rotatable bonds is 1. The van der Waals surface area contributed by atoms with Crippen molar-refractivity contribution < 1.29 is 0 Å². The van der Waals surface area contributed by atoms with Gasteiger partial charge in [0.15, 0.2) is 0 Å². The molecule has 0 N–H and O–H groups in total. The molecule has 0 aliphatic rings. The van der Waals surface area contributed by atoms with Gasteiger partial charge in [0.2, 0.25) is 0 Å². The van der Waals surface area contributed by atoms with Crippen LogP contribution in [-0.2, 0) is 7.05 Å². The highest BCUT2D eigenvalue weighted by Crippen LogP contribution is 2.11. The summed E-state index contributed by atoms with van der Waals surface area (Å²) >= 11 is 0. The molecule has 0 aliphatic carbocycles. The summed E-state index contributed by atoms with van der Waals surface area (Å²) in [6.07, 6.45) is 4.18. The Labute approximate surface area is 62.0 Å². The lowest BCUT2D eigenvalue weighted by Gasteiger charge is -2.00. The highest BCUT2D eigenvalue weighted by Gasteiger charge is 1.95. The Kier molecular flexibility index (Phi) is 1.95. The van der Waals surface area contributed by atoms with Crippen molar-refractivity contribution in [1.29, 1.82) is 0 Å². The molecule has 0 saturated heterocycles. The van der Waals surface area contributed by atoms with E-state index in [4.69, 9.17) is 0 Å². The van der Waals surface area contributed by atoms with Crippen LogP contribution in [0, 0.1) is 0 Å². The molecule has 0 spiro atoms. The number of hydrogen-bond acceptors (Lipinski definition) is 0. The normalized spacial score (nSPS) is 12.1. The zero-order valence-electron chi connectivity index (χ0n) is 6.76. The van der Waals surface area contributed by atoms with Crippen LogP contribution in [0.2, 0.25) is 0 Å². The molecule has 0 aliphatic heterocycles. The second kappa shape index (κ2) is 2.74. The molecule has 1 heterocycles. The predicted octanol–water partition coefficient (Wildman–Crippen LogP) is 2.45. The van der Waals surface area contributed by atoms with Crippen molar-refractivity contribution in [3.05, 3.63) is 30.1 Å². The smallest absolute Gasteiger partial charge is 0.0430 e. The van der Waals surface area contributed by atoms with Gasteiger partial charge in [0.25, 0.3) is 0 Å². The second-order valence-electron chi connectivity index (χ2n) is 2.48. The molecule has 0 saturated carbocycles. The maximum Gasteiger partial charge on any atom is 0.0430 e. The Morgan fingerprint density at radius 1 is 1.60 bits per heavy atom. The van der Waals surface area contributed by atoms with Gasteiger partial charge in [0, 0.05) is 18.9 Å². The number of nitrogens with zero attached hydrogens (tertiary/aromatic N) is 1. The Bertz CT molecular complexity index is 243. The van der Waals surface area contributed by atoms with Crippen LogP contribution in [0.5, 0.6) is 0 Å². The van der Waals surface area contributed by atoms with E-state index < -0.39 is 0 Å². The first-order chi connectivity index (χ1) is 4.75. The van der Waals surface area contributed by atoms with Gasteiger partial charge in [-0.15, -0.1) is 0 Å². The van der Waals surface area contributed by atoms with Crippen molar-refractivity contribution in [1.82, 2.24) is 4.57 Å². The quantitative estimate of drug-likeness (QED) is 0.557. The summed E-state index contributed by atoms with van der Waals surface area (Å²) in [6, 6.07) is 4.18. The first-order valence-corrected chi connectivity index (χ1v) is 3.50. The highest BCUT2D eigenvalue weighted by atomic mass is 14.9. The Balaban J connectivity index is 3.05. The molecular formula is C9H13N. The molecule has 0 unspecified atom stereocenters. The van der Waals surface area contributed by atoms with Crippen LogP contribution in [0.15, 0.2) is 24.4 Å². The molecule has 1 aromatic rings. The van der Waals surface area contributed by atoms with Crippen LogP contribution in [0.25, 0.3) is 5.57 Å². The monoisotopic (exact) mass is 135 g/mol. The summed E-state index contributed by atoms with van der Waals surface area (Å²) in [7, 11) is 2.06. The van der Waals surface area contributed by atoms with Gasteiger partial charge in [0.1, 0.15) is 0 Å². The first-order valence-electron chi connectivity index (χ1n) is 3.50. The van der Waals surface area contributed by atoms with Gasteiger partial charge in [-0.05, 0) is 31.6 Å². The van der Waals surface area contributed by atoms with Gasteiger partial charge >= 0.3 is 0 Å². The lowest BCUT2D eigenvalue weighted by molar-refractivity contribution is 0.907. The molecule has 1 nitrogen and oxygen atoms in total. The largest absolute Gasteiger partial charge is 0.351 e. The van der Waals surface area contributed by atoms with Crippen LogP contribution in [-0.4, -0.2) is 4.57 Å². The van der Waals surface area contributed by atoms with Crippen LogP contribution < -0.4 is 0 Å². The molecule has 0 atom stereocenters. The van der Waals surface area contributed by atoms with Crippen molar-refractivity contribution in [2.75, 3.05) is 0 Å². The summed E-state index contributed by atoms with van der Waals surface area (Å²) in [5.41, 5.74) is 2.62. The van der Waals surface area contributed by atoms with Gasteiger partial charge in [-0.3, -0.25) is 0 Å². The number of aryl methyl sites for hydroxylation is 1. The fourth-order valence-corrected chi connectivity index (χ4v) is 1.02. The van der Waals surface area contributed by atoms with Crippen LogP contribution >= 0.6 is 0 Å².